The van der Waals surface area contributed by atoms with Gasteiger partial charge in [0.15, 0.2) is 5.82 Å². The second-order valence-corrected chi connectivity index (χ2v) is 7.02. The molecular formula is C21H14F5N7O. The summed E-state index contributed by atoms with van der Waals surface area (Å²) in [4.78, 5) is 17.0. The number of benzene rings is 2. The van der Waals surface area contributed by atoms with Gasteiger partial charge in [-0.15, -0.1) is 4.80 Å². The van der Waals surface area contributed by atoms with Crippen molar-refractivity contribution in [2.75, 3.05) is 16.8 Å². The third kappa shape index (κ3) is 4.35. The summed E-state index contributed by atoms with van der Waals surface area (Å²) in [5.41, 5.74) is 9.60. The normalized spacial score (nSPS) is 11.4. The van der Waals surface area contributed by atoms with Gasteiger partial charge in [-0.25, -0.2) is 13.8 Å². The largest absolute Gasteiger partial charge is 0.420 e. The molecule has 4 rings (SSSR count). The number of hydrogen-bond donors (Lipinski definition) is 3. The number of alkyl halides is 3. The van der Waals surface area contributed by atoms with E-state index in [1.165, 1.54) is 18.5 Å². The van der Waals surface area contributed by atoms with Crippen LogP contribution in [0, 0.1) is 11.6 Å². The number of pyridine rings is 1. The number of anilines is 3. The van der Waals surface area contributed by atoms with Crippen LogP contribution in [-0.4, -0.2) is 25.9 Å². The highest BCUT2D eigenvalue weighted by molar-refractivity contribution is 6.08. The lowest BCUT2D eigenvalue weighted by Crippen LogP contribution is -2.18. The third-order valence-corrected chi connectivity index (χ3v) is 4.73. The van der Waals surface area contributed by atoms with Crippen LogP contribution in [0.25, 0.3) is 16.9 Å². The second-order valence-electron chi connectivity index (χ2n) is 7.02. The van der Waals surface area contributed by atoms with Gasteiger partial charge in [0.2, 0.25) is 0 Å². The van der Waals surface area contributed by atoms with Crippen LogP contribution >= 0.6 is 0 Å². The number of nitrogen functional groups attached to an aromatic ring is 2. The van der Waals surface area contributed by atoms with Crippen LogP contribution in [0.5, 0.6) is 0 Å². The van der Waals surface area contributed by atoms with Gasteiger partial charge in [-0.1, -0.05) is 0 Å². The Morgan fingerprint density at radius 3 is 2.29 bits per heavy atom. The third-order valence-electron chi connectivity index (χ3n) is 4.73. The summed E-state index contributed by atoms with van der Waals surface area (Å²) in [7, 11) is 0. The number of nitrogens with zero attached hydrogens (tertiary/aromatic N) is 4. The number of rotatable bonds is 4. The molecule has 2 aromatic carbocycles. The quantitative estimate of drug-likeness (QED) is 0.302. The maximum atomic E-state index is 14.8. The topological polar surface area (TPSA) is 125 Å². The molecule has 0 aliphatic rings. The van der Waals surface area contributed by atoms with Gasteiger partial charge in [0.25, 0.3) is 5.91 Å². The van der Waals surface area contributed by atoms with Gasteiger partial charge >= 0.3 is 6.18 Å². The molecule has 34 heavy (non-hydrogen) atoms. The number of carbonyl (C=O) groups excluding carboxylic acids is 1. The summed E-state index contributed by atoms with van der Waals surface area (Å²) in [6, 6.07) is 5.91. The molecule has 0 aliphatic heterocycles. The number of halogens is 5. The van der Waals surface area contributed by atoms with E-state index in [0.717, 1.165) is 30.5 Å². The number of nitrogens with two attached hydrogens (primary N) is 2. The van der Waals surface area contributed by atoms with E-state index in [9.17, 15) is 26.7 Å². The predicted molar refractivity (Wildman–Crippen MR) is 113 cm³/mol. The van der Waals surface area contributed by atoms with Crippen LogP contribution in [-0.2, 0) is 6.18 Å². The molecule has 0 fully saturated rings. The van der Waals surface area contributed by atoms with Crippen molar-refractivity contribution in [1.82, 2.24) is 20.0 Å². The summed E-state index contributed by atoms with van der Waals surface area (Å²) in [5.74, 6) is -3.09. The highest BCUT2D eigenvalue weighted by Crippen LogP contribution is 2.35. The Balaban J connectivity index is 1.66. The van der Waals surface area contributed by atoms with Crippen LogP contribution in [0.15, 0.2) is 55.0 Å². The van der Waals surface area contributed by atoms with Crippen LogP contribution in [0.4, 0.5) is 39.0 Å². The molecule has 5 N–H and O–H groups in total. The maximum absolute atomic E-state index is 14.8. The fraction of sp³-hybridized carbons (Fsp3) is 0.0476. The van der Waals surface area contributed by atoms with E-state index in [1.54, 1.807) is 0 Å². The summed E-state index contributed by atoms with van der Waals surface area (Å²) < 4.78 is 68.7. The summed E-state index contributed by atoms with van der Waals surface area (Å²) in [5, 5.41) is 9.48. The molecule has 0 bridgehead atoms. The first-order valence-electron chi connectivity index (χ1n) is 9.44. The molecule has 174 valence electrons. The van der Waals surface area contributed by atoms with E-state index in [0.29, 0.717) is 10.9 Å². The van der Waals surface area contributed by atoms with Crippen LogP contribution in [0.2, 0.25) is 0 Å². The highest BCUT2D eigenvalue weighted by Gasteiger charge is 2.36. The van der Waals surface area contributed by atoms with Gasteiger partial charge in [-0.05, 0) is 36.4 Å². The SMILES string of the molecule is Nc1cc(-c2ccc(F)cc2N)c(F)cc1C(=O)Nc1cnc(-n2nccn2)c(C(F)(F)F)c1. The molecule has 0 aliphatic carbocycles. The fourth-order valence-electron chi connectivity index (χ4n) is 3.19. The minimum Gasteiger partial charge on any atom is -0.398 e. The maximum Gasteiger partial charge on any atom is 0.420 e. The Morgan fingerprint density at radius 2 is 1.65 bits per heavy atom. The molecule has 0 saturated carbocycles. The van der Waals surface area contributed by atoms with Crippen LogP contribution < -0.4 is 16.8 Å². The van der Waals surface area contributed by atoms with Crippen molar-refractivity contribution in [1.29, 1.82) is 0 Å². The Hall–Kier alpha value is -4.55. The van der Waals surface area contributed by atoms with Crippen molar-refractivity contribution >= 4 is 23.0 Å². The monoisotopic (exact) mass is 475 g/mol. The van der Waals surface area contributed by atoms with Crippen molar-refractivity contribution in [2.24, 2.45) is 0 Å². The molecule has 1 amide bonds. The number of aromatic nitrogens is 4. The molecule has 8 nitrogen and oxygen atoms in total. The second kappa shape index (κ2) is 8.42. The van der Waals surface area contributed by atoms with E-state index in [1.807, 2.05) is 0 Å². The van der Waals surface area contributed by atoms with Gasteiger partial charge in [-0.3, -0.25) is 4.79 Å². The first-order chi connectivity index (χ1) is 16.0. The van der Waals surface area contributed by atoms with Crippen molar-refractivity contribution in [3.05, 3.63) is 77.8 Å². The lowest BCUT2D eigenvalue weighted by atomic mass is 9.99. The smallest absolute Gasteiger partial charge is 0.398 e. The minimum absolute atomic E-state index is 0.0481. The summed E-state index contributed by atoms with van der Waals surface area (Å²) in [6.45, 7) is 0. The first-order valence-corrected chi connectivity index (χ1v) is 9.44. The minimum atomic E-state index is -4.83. The molecule has 4 aromatic rings. The zero-order valence-electron chi connectivity index (χ0n) is 16.9. The molecule has 0 atom stereocenters. The zero-order valence-corrected chi connectivity index (χ0v) is 16.9. The Kier molecular flexibility index (Phi) is 5.61. The van der Waals surface area contributed by atoms with E-state index in [-0.39, 0.29) is 33.8 Å². The Bertz CT molecular complexity index is 1390. The lowest BCUT2D eigenvalue weighted by Gasteiger charge is -2.14. The van der Waals surface area contributed by atoms with Crippen LogP contribution in [0.1, 0.15) is 15.9 Å². The van der Waals surface area contributed by atoms with Gasteiger partial charge in [0, 0.05) is 22.5 Å². The predicted octanol–water partition coefficient (Wildman–Crippen LogP) is 4.04. The number of hydrogen-bond acceptors (Lipinski definition) is 6. The molecule has 2 aromatic heterocycles. The zero-order chi connectivity index (χ0) is 24.6. The Morgan fingerprint density at radius 1 is 0.941 bits per heavy atom. The van der Waals surface area contributed by atoms with Crippen LogP contribution in [0.3, 0.4) is 0 Å². The summed E-state index contributed by atoms with van der Waals surface area (Å²) in [6.07, 6.45) is -1.51. The fourth-order valence-corrected chi connectivity index (χ4v) is 3.19. The van der Waals surface area contributed by atoms with E-state index in [4.69, 9.17) is 11.5 Å². The average molecular weight is 475 g/mol. The molecule has 0 spiro atoms. The van der Waals surface area contributed by atoms with E-state index >= 15 is 0 Å². The van der Waals surface area contributed by atoms with Gasteiger partial charge in [0.05, 0.1) is 29.8 Å². The van der Waals surface area contributed by atoms with Crippen molar-refractivity contribution in [2.45, 2.75) is 6.18 Å². The average Bonchev–Trinajstić information content (AvgIpc) is 3.29. The van der Waals surface area contributed by atoms with Gasteiger partial charge < -0.3 is 16.8 Å². The van der Waals surface area contributed by atoms with Crippen molar-refractivity contribution < 1.29 is 26.7 Å². The van der Waals surface area contributed by atoms with Crippen molar-refractivity contribution in [3.63, 3.8) is 0 Å². The van der Waals surface area contributed by atoms with E-state index < -0.39 is 35.1 Å². The number of carbonyl (C=O) groups is 1. The highest BCUT2D eigenvalue weighted by atomic mass is 19.4. The molecule has 0 saturated heterocycles. The van der Waals surface area contributed by atoms with Gasteiger partial charge in [0.1, 0.15) is 17.2 Å². The molecule has 2 heterocycles. The molecule has 13 heteroatoms. The van der Waals surface area contributed by atoms with Gasteiger partial charge in [-0.2, -0.15) is 23.4 Å². The first kappa shape index (κ1) is 22.6. The lowest BCUT2D eigenvalue weighted by molar-refractivity contribution is -0.137. The molecule has 0 radical (unpaired) electrons. The molecular weight excluding hydrogens is 461 g/mol. The Labute approximate surface area is 188 Å². The number of amides is 1. The molecule has 0 unspecified atom stereocenters. The number of nitrogens with one attached hydrogen (secondary N) is 1. The van der Waals surface area contributed by atoms with E-state index in [2.05, 4.69) is 20.5 Å². The summed E-state index contributed by atoms with van der Waals surface area (Å²) >= 11 is 0. The standard InChI is InChI=1S/C21H14F5N7O/c22-10-1-2-12(17(27)5-10)13-8-18(28)14(7-16(13)23)20(34)32-11-6-15(21(24,25)26)19(29-9-11)33-30-3-4-31-33/h1-9H,27-28H2,(H,32,34). The van der Waals surface area contributed by atoms with Crippen molar-refractivity contribution in [3.8, 4) is 16.9 Å².